The van der Waals surface area contributed by atoms with Crippen molar-refractivity contribution >= 4 is 41.4 Å². The summed E-state index contributed by atoms with van der Waals surface area (Å²) in [5.41, 5.74) is 0.920. The van der Waals surface area contributed by atoms with Crippen molar-refractivity contribution in [3.05, 3.63) is 29.5 Å². The number of nitrogens with one attached hydrogen (secondary N) is 1. The summed E-state index contributed by atoms with van der Waals surface area (Å²) in [4.78, 5) is 49.2. The number of fused-ring (bicyclic) bond motifs is 1. The highest BCUT2D eigenvalue weighted by atomic mass is 32.1. The van der Waals surface area contributed by atoms with Crippen LogP contribution in [0.5, 0.6) is 0 Å². The van der Waals surface area contributed by atoms with Crippen LogP contribution >= 0.6 is 11.3 Å². The van der Waals surface area contributed by atoms with Crippen molar-refractivity contribution in [2.75, 3.05) is 27.2 Å². The molecule has 2 aliphatic heterocycles. The molecule has 4 rings (SSSR count). The fraction of sp³-hybridized carbons (Fsp3) is 0.368. The third kappa shape index (κ3) is 3.52. The molecule has 4 amide bonds. The Hall–Kier alpha value is -3.34. The summed E-state index contributed by atoms with van der Waals surface area (Å²) in [7, 11) is 4.92. The van der Waals surface area contributed by atoms with Gasteiger partial charge in [-0.05, 0) is 16.4 Å². The van der Waals surface area contributed by atoms with Crippen LogP contribution in [-0.2, 0) is 23.1 Å². The van der Waals surface area contributed by atoms with E-state index < -0.39 is 18.0 Å². The lowest BCUT2D eigenvalue weighted by atomic mass is 10.1. The summed E-state index contributed by atoms with van der Waals surface area (Å²) in [6, 6.07) is 2.82. The molecule has 11 heteroatoms. The third-order valence-electron chi connectivity index (χ3n) is 5.14. The van der Waals surface area contributed by atoms with Gasteiger partial charge in [-0.25, -0.2) is 14.4 Å². The van der Waals surface area contributed by atoms with Crippen molar-refractivity contribution in [1.82, 2.24) is 24.7 Å². The zero-order chi connectivity index (χ0) is 21.4. The van der Waals surface area contributed by atoms with Crippen LogP contribution in [-0.4, -0.2) is 87.2 Å². The second-order valence-electron chi connectivity index (χ2n) is 7.15. The van der Waals surface area contributed by atoms with Gasteiger partial charge in [-0.3, -0.25) is 19.4 Å². The molecule has 2 aromatic rings. The minimum atomic E-state index is -0.758. The Kier molecular flexibility index (Phi) is 5.20. The quantitative estimate of drug-likeness (QED) is 0.662. The van der Waals surface area contributed by atoms with Gasteiger partial charge in [0.15, 0.2) is 6.54 Å². The van der Waals surface area contributed by atoms with Crippen LogP contribution in [0.3, 0.4) is 0 Å². The maximum absolute atomic E-state index is 12.5. The van der Waals surface area contributed by atoms with Crippen LogP contribution in [0.4, 0.5) is 4.79 Å². The minimum absolute atomic E-state index is 0.0275. The van der Waals surface area contributed by atoms with Crippen molar-refractivity contribution < 1.29 is 19.0 Å². The molecule has 1 unspecified atom stereocenters. The Morgan fingerprint density at radius 2 is 2.07 bits per heavy atom. The molecule has 30 heavy (non-hydrogen) atoms. The number of nitrogens with zero attached hydrogens (tertiary/aromatic N) is 6. The molecule has 0 saturated carbocycles. The van der Waals surface area contributed by atoms with Gasteiger partial charge in [-0.2, -0.15) is 0 Å². The van der Waals surface area contributed by atoms with E-state index in [4.69, 9.17) is 0 Å². The first kappa shape index (κ1) is 20.0. The Bertz CT molecular complexity index is 1070. The van der Waals surface area contributed by atoms with Crippen molar-refractivity contribution in [2.24, 2.45) is 12.0 Å². The number of urea groups is 1. The van der Waals surface area contributed by atoms with E-state index in [1.165, 1.54) is 18.3 Å². The van der Waals surface area contributed by atoms with Crippen LogP contribution < -0.4 is 5.32 Å². The first-order valence-electron chi connectivity index (χ1n) is 9.41. The molecule has 0 aromatic carbocycles. The summed E-state index contributed by atoms with van der Waals surface area (Å²) < 4.78 is 3.50. The molecular formula is C19H22N7O3S+. The summed E-state index contributed by atoms with van der Waals surface area (Å²) in [5.74, 6) is 0.587. The summed E-state index contributed by atoms with van der Waals surface area (Å²) in [6.07, 6.45) is 4.00. The first-order chi connectivity index (χ1) is 14.4. The zero-order valence-corrected chi connectivity index (χ0v) is 17.7. The maximum atomic E-state index is 12.5. The molecule has 2 aliphatic rings. The monoisotopic (exact) mass is 428 g/mol. The number of aryl methyl sites for hydroxylation is 1. The third-order valence-corrected chi connectivity index (χ3v) is 6.03. The topological polar surface area (TPSA) is 103 Å². The Morgan fingerprint density at radius 3 is 2.80 bits per heavy atom. The number of imidazole rings is 1. The molecule has 0 aliphatic carbocycles. The number of amides is 4. The Balaban J connectivity index is 1.32. The van der Waals surface area contributed by atoms with Crippen molar-refractivity contribution in [2.45, 2.75) is 12.5 Å². The maximum Gasteiger partial charge on any atom is 0.333 e. The number of rotatable bonds is 6. The van der Waals surface area contributed by atoms with Gasteiger partial charge in [0.25, 0.3) is 30.0 Å². The molecule has 1 N–H and O–H groups in total. The molecule has 0 radical (unpaired) electrons. The zero-order valence-electron chi connectivity index (χ0n) is 16.9. The van der Waals surface area contributed by atoms with Crippen LogP contribution in [0, 0.1) is 0 Å². The lowest BCUT2D eigenvalue weighted by Gasteiger charge is -2.30. The SMILES string of the molecule is CN1C(=O)C2C(=NC=[N+]2CC(=O)NCCc2nc(-c3cccs3)cn2C)N(C)C1=O. The highest BCUT2D eigenvalue weighted by Gasteiger charge is 2.50. The van der Waals surface area contributed by atoms with Crippen LogP contribution in [0.1, 0.15) is 5.82 Å². The molecule has 1 atom stereocenters. The van der Waals surface area contributed by atoms with Crippen LogP contribution in [0.15, 0.2) is 28.7 Å². The lowest BCUT2D eigenvalue weighted by molar-refractivity contribution is -0.519. The standard InChI is InChI=1S/C19H21N7O3S/c1-23-9-12(13-5-4-8-30-13)22-14(23)6-7-20-15(27)10-26-11-21-17-16(26)18(28)25(3)19(29)24(17)2/h4-5,8-9,11,16H,6-7,10H2,1-3H3/p+1. The number of hydrogen-bond acceptors (Lipinski definition) is 6. The van der Waals surface area contributed by atoms with Gasteiger partial charge in [0.2, 0.25) is 0 Å². The number of aliphatic imine (C=N–C) groups is 1. The number of likely N-dealkylation sites (N-methyl/N-ethyl adjacent to an activating group) is 2. The van der Waals surface area contributed by atoms with Gasteiger partial charge in [0.05, 0.1) is 10.6 Å². The minimum Gasteiger partial charge on any atom is -0.352 e. The van der Waals surface area contributed by atoms with E-state index in [0.29, 0.717) is 18.8 Å². The molecule has 2 aromatic heterocycles. The average Bonchev–Trinajstić information content (AvgIpc) is 3.45. The molecule has 156 valence electrons. The van der Waals surface area contributed by atoms with Crippen molar-refractivity contribution in [1.29, 1.82) is 0 Å². The van der Waals surface area contributed by atoms with E-state index in [2.05, 4.69) is 15.3 Å². The van der Waals surface area contributed by atoms with Crippen molar-refractivity contribution in [3.63, 3.8) is 0 Å². The number of amidine groups is 1. The number of carbonyl (C=O) groups is 3. The molecule has 0 bridgehead atoms. The predicted octanol–water partition coefficient (Wildman–Crippen LogP) is 0.153. The fourth-order valence-corrected chi connectivity index (χ4v) is 4.17. The van der Waals surface area contributed by atoms with E-state index in [1.54, 1.807) is 23.0 Å². The Morgan fingerprint density at radius 1 is 1.27 bits per heavy atom. The lowest BCUT2D eigenvalue weighted by Crippen LogP contribution is -2.62. The van der Waals surface area contributed by atoms with E-state index >= 15 is 0 Å². The molecule has 0 spiro atoms. The number of carbonyl (C=O) groups excluding carboxylic acids is 3. The van der Waals surface area contributed by atoms with Gasteiger partial charge < -0.3 is 9.88 Å². The van der Waals surface area contributed by atoms with Gasteiger partial charge in [-0.1, -0.05) is 6.07 Å². The largest absolute Gasteiger partial charge is 0.352 e. The number of hydrogen-bond donors (Lipinski definition) is 1. The molecule has 4 heterocycles. The van der Waals surface area contributed by atoms with Crippen LogP contribution in [0.25, 0.3) is 10.6 Å². The van der Waals surface area contributed by atoms with Crippen molar-refractivity contribution in [3.8, 4) is 10.6 Å². The van der Waals surface area contributed by atoms with Gasteiger partial charge in [0, 0.05) is 40.3 Å². The van der Waals surface area contributed by atoms with Gasteiger partial charge in [0.1, 0.15) is 5.82 Å². The number of aromatic nitrogens is 2. The van der Waals surface area contributed by atoms with Gasteiger partial charge in [-0.15, -0.1) is 11.3 Å². The van der Waals surface area contributed by atoms with E-state index in [9.17, 15) is 14.4 Å². The molecule has 1 saturated heterocycles. The second-order valence-corrected chi connectivity index (χ2v) is 8.09. The normalized spacial score (nSPS) is 18.4. The van der Waals surface area contributed by atoms with Crippen LogP contribution in [0.2, 0.25) is 0 Å². The molecule has 10 nitrogen and oxygen atoms in total. The van der Waals surface area contributed by atoms with E-state index in [0.717, 1.165) is 21.3 Å². The van der Waals surface area contributed by atoms with E-state index in [1.807, 2.05) is 35.3 Å². The second kappa shape index (κ2) is 7.82. The molecule has 1 fully saturated rings. The fourth-order valence-electron chi connectivity index (χ4n) is 3.49. The Labute approximate surface area is 177 Å². The first-order valence-corrected chi connectivity index (χ1v) is 10.3. The predicted molar refractivity (Wildman–Crippen MR) is 112 cm³/mol. The highest BCUT2D eigenvalue weighted by Crippen LogP contribution is 2.23. The number of thiophene rings is 1. The average molecular weight is 428 g/mol. The smallest absolute Gasteiger partial charge is 0.333 e. The number of imide groups is 1. The van der Waals surface area contributed by atoms with E-state index in [-0.39, 0.29) is 12.5 Å². The summed E-state index contributed by atoms with van der Waals surface area (Å²) in [5, 5.41) is 4.87. The highest BCUT2D eigenvalue weighted by molar-refractivity contribution is 7.13. The summed E-state index contributed by atoms with van der Waals surface area (Å²) in [6.45, 7) is 0.395. The van der Waals surface area contributed by atoms with Gasteiger partial charge >= 0.3 is 6.03 Å². The molecular weight excluding hydrogens is 406 g/mol. The summed E-state index contributed by atoms with van der Waals surface area (Å²) >= 11 is 1.63.